The summed E-state index contributed by atoms with van der Waals surface area (Å²) >= 11 is 0. The van der Waals surface area contributed by atoms with Gasteiger partial charge < -0.3 is 15.3 Å². The lowest BCUT2D eigenvalue weighted by atomic mass is 10.0. The van der Waals surface area contributed by atoms with Crippen molar-refractivity contribution in [3.8, 4) is 0 Å². The minimum absolute atomic E-state index is 0.229. The van der Waals surface area contributed by atoms with Gasteiger partial charge in [0.05, 0.1) is 12.1 Å². The van der Waals surface area contributed by atoms with Gasteiger partial charge in [-0.25, -0.2) is 4.79 Å². The number of rotatable bonds is 5. The molecule has 0 saturated carbocycles. The molecule has 122 valence electrons. The maximum absolute atomic E-state index is 12.3. The number of hydrogen-bond acceptors (Lipinski definition) is 2. The number of para-hydroxylation sites is 1. The average Bonchev–Trinajstić information content (AvgIpc) is 2.48. The van der Waals surface area contributed by atoms with Crippen LogP contribution in [0.15, 0.2) is 54.6 Å². The number of benzene rings is 2. The molecule has 4 nitrogen and oxygen atoms in total. The lowest BCUT2D eigenvalue weighted by molar-refractivity contribution is 0.0550. The summed E-state index contributed by atoms with van der Waals surface area (Å²) in [5.74, 6) is 0. The van der Waals surface area contributed by atoms with E-state index in [2.05, 4.69) is 17.4 Å². The third-order valence-corrected chi connectivity index (χ3v) is 3.47. The standard InChI is InChI=1S/C19H24N2O2/c1-19(2,23)14-21(3)18(22)20-17-12-8-7-11-16(17)13-15-9-5-4-6-10-15/h4-12,23H,13-14H2,1-3H3,(H,20,22). The molecule has 0 radical (unpaired) electrons. The van der Waals surface area contributed by atoms with Crippen LogP contribution in [0.25, 0.3) is 0 Å². The van der Waals surface area contributed by atoms with Gasteiger partial charge in [-0.05, 0) is 37.5 Å². The van der Waals surface area contributed by atoms with Crippen LogP contribution >= 0.6 is 0 Å². The number of nitrogens with zero attached hydrogens (tertiary/aromatic N) is 1. The quantitative estimate of drug-likeness (QED) is 0.887. The summed E-state index contributed by atoms with van der Waals surface area (Å²) in [4.78, 5) is 13.8. The number of urea groups is 1. The topological polar surface area (TPSA) is 52.6 Å². The van der Waals surface area contributed by atoms with Crippen molar-refractivity contribution in [2.45, 2.75) is 25.9 Å². The molecule has 2 rings (SSSR count). The van der Waals surface area contributed by atoms with Gasteiger partial charge in [0.1, 0.15) is 0 Å². The number of anilines is 1. The molecule has 2 aromatic rings. The van der Waals surface area contributed by atoms with E-state index in [1.807, 2.05) is 42.5 Å². The van der Waals surface area contributed by atoms with Crippen molar-refractivity contribution in [1.82, 2.24) is 4.90 Å². The summed E-state index contributed by atoms with van der Waals surface area (Å²) < 4.78 is 0. The Hall–Kier alpha value is -2.33. The first-order chi connectivity index (χ1) is 10.8. The van der Waals surface area contributed by atoms with Crippen LogP contribution in [-0.4, -0.2) is 35.2 Å². The highest BCUT2D eigenvalue weighted by molar-refractivity contribution is 5.90. The predicted octanol–water partition coefficient (Wildman–Crippen LogP) is 3.51. The second kappa shape index (κ2) is 7.29. The van der Waals surface area contributed by atoms with Gasteiger partial charge in [0, 0.05) is 12.7 Å². The van der Waals surface area contributed by atoms with Crippen LogP contribution in [0.2, 0.25) is 0 Å². The third-order valence-electron chi connectivity index (χ3n) is 3.47. The Balaban J connectivity index is 2.10. The summed E-state index contributed by atoms with van der Waals surface area (Å²) in [6.07, 6.45) is 0.756. The van der Waals surface area contributed by atoms with Crippen molar-refractivity contribution in [3.05, 3.63) is 65.7 Å². The fourth-order valence-corrected chi connectivity index (χ4v) is 2.48. The van der Waals surface area contributed by atoms with Crippen LogP contribution in [0, 0.1) is 0 Å². The van der Waals surface area contributed by atoms with Crippen molar-refractivity contribution < 1.29 is 9.90 Å². The van der Waals surface area contributed by atoms with Gasteiger partial charge in [0.15, 0.2) is 0 Å². The maximum Gasteiger partial charge on any atom is 0.321 e. The normalized spacial score (nSPS) is 11.1. The van der Waals surface area contributed by atoms with Gasteiger partial charge in [-0.3, -0.25) is 0 Å². The Kier molecular flexibility index (Phi) is 5.40. The molecule has 2 aromatic carbocycles. The smallest absolute Gasteiger partial charge is 0.321 e. The van der Waals surface area contributed by atoms with E-state index in [0.29, 0.717) is 0 Å². The molecule has 0 unspecified atom stereocenters. The molecule has 0 aliphatic carbocycles. The minimum Gasteiger partial charge on any atom is -0.389 e. The average molecular weight is 312 g/mol. The van der Waals surface area contributed by atoms with Crippen LogP contribution in [-0.2, 0) is 6.42 Å². The number of hydrogen-bond donors (Lipinski definition) is 2. The molecular formula is C19H24N2O2. The molecule has 0 fully saturated rings. The first kappa shape index (κ1) is 17.0. The number of amides is 2. The maximum atomic E-state index is 12.3. The molecule has 0 aliphatic rings. The molecule has 0 aromatic heterocycles. The number of likely N-dealkylation sites (N-methyl/N-ethyl adjacent to an activating group) is 1. The zero-order chi connectivity index (χ0) is 16.9. The van der Waals surface area contributed by atoms with E-state index in [1.165, 1.54) is 10.5 Å². The zero-order valence-corrected chi connectivity index (χ0v) is 13.9. The van der Waals surface area contributed by atoms with E-state index < -0.39 is 5.60 Å². The van der Waals surface area contributed by atoms with E-state index in [4.69, 9.17) is 0 Å². The van der Waals surface area contributed by atoms with Crippen LogP contribution in [0.4, 0.5) is 10.5 Å². The van der Waals surface area contributed by atoms with Gasteiger partial charge in [0.25, 0.3) is 0 Å². The highest BCUT2D eigenvalue weighted by atomic mass is 16.3. The SMILES string of the molecule is CN(CC(C)(C)O)C(=O)Nc1ccccc1Cc1ccccc1. The predicted molar refractivity (Wildman–Crippen MR) is 93.6 cm³/mol. The lowest BCUT2D eigenvalue weighted by Gasteiger charge is -2.26. The van der Waals surface area contributed by atoms with E-state index in [0.717, 1.165) is 17.7 Å². The number of aliphatic hydroxyl groups is 1. The van der Waals surface area contributed by atoms with Crippen LogP contribution < -0.4 is 5.32 Å². The molecule has 0 spiro atoms. The fourth-order valence-electron chi connectivity index (χ4n) is 2.48. The first-order valence-corrected chi connectivity index (χ1v) is 7.71. The minimum atomic E-state index is -0.921. The molecule has 0 bridgehead atoms. The molecule has 0 atom stereocenters. The van der Waals surface area contributed by atoms with Crippen LogP contribution in [0.1, 0.15) is 25.0 Å². The second-order valence-electron chi connectivity index (χ2n) is 6.42. The summed E-state index contributed by atoms with van der Waals surface area (Å²) in [5, 5.41) is 12.8. The van der Waals surface area contributed by atoms with Gasteiger partial charge in [-0.2, -0.15) is 0 Å². The second-order valence-corrected chi connectivity index (χ2v) is 6.42. The Bertz CT molecular complexity index is 648. The van der Waals surface area contributed by atoms with Crippen LogP contribution in [0.5, 0.6) is 0 Å². The molecule has 0 saturated heterocycles. The largest absolute Gasteiger partial charge is 0.389 e. The summed E-state index contributed by atoms with van der Waals surface area (Å²) in [6, 6.07) is 17.7. The molecule has 4 heteroatoms. The Labute approximate surface area is 137 Å². The molecule has 23 heavy (non-hydrogen) atoms. The van der Waals surface area contributed by atoms with Crippen LogP contribution in [0.3, 0.4) is 0 Å². The summed E-state index contributed by atoms with van der Waals surface area (Å²) in [5.41, 5.74) is 2.13. The van der Waals surface area contributed by atoms with Crippen molar-refractivity contribution in [1.29, 1.82) is 0 Å². The van der Waals surface area contributed by atoms with E-state index in [9.17, 15) is 9.90 Å². The van der Waals surface area contributed by atoms with Gasteiger partial charge in [0.2, 0.25) is 0 Å². The Morgan fingerprint density at radius 2 is 1.70 bits per heavy atom. The molecule has 2 N–H and O–H groups in total. The highest BCUT2D eigenvalue weighted by Gasteiger charge is 2.19. The van der Waals surface area contributed by atoms with E-state index in [1.54, 1.807) is 20.9 Å². The number of nitrogens with one attached hydrogen (secondary N) is 1. The summed E-state index contributed by atoms with van der Waals surface area (Å²) in [6.45, 7) is 3.62. The third kappa shape index (κ3) is 5.42. The molecule has 0 heterocycles. The number of carbonyl (C=O) groups is 1. The van der Waals surface area contributed by atoms with Crippen molar-refractivity contribution >= 4 is 11.7 Å². The molecular weight excluding hydrogens is 288 g/mol. The van der Waals surface area contributed by atoms with Gasteiger partial charge in [-0.1, -0.05) is 48.5 Å². The van der Waals surface area contributed by atoms with Crippen molar-refractivity contribution in [3.63, 3.8) is 0 Å². The van der Waals surface area contributed by atoms with E-state index >= 15 is 0 Å². The fraction of sp³-hybridized carbons (Fsp3) is 0.316. The Morgan fingerprint density at radius 3 is 2.35 bits per heavy atom. The zero-order valence-electron chi connectivity index (χ0n) is 13.9. The highest BCUT2D eigenvalue weighted by Crippen LogP contribution is 2.19. The first-order valence-electron chi connectivity index (χ1n) is 7.71. The molecule has 2 amide bonds. The monoisotopic (exact) mass is 312 g/mol. The van der Waals surface area contributed by atoms with E-state index in [-0.39, 0.29) is 12.6 Å². The molecule has 0 aliphatic heterocycles. The van der Waals surface area contributed by atoms with Gasteiger partial charge >= 0.3 is 6.03 Å². The number of carbonyl (C=O) groups excluding carboxylic acids is 1. The van der Waals surface area contributed by atoms with Crippen molar-refractivity contribution in [2.75, 3.05) is 18.9 Å². The Morgan fingerprint density at radius 1 is 1.09 bits per heavy atom. The van der Waals surface area contributed by atoms with Crippen molar-refractivity contribution in [2.24, 2.45) is 0 Å². The summed E-state index contributed by atoms with van der Waals surface area (Å²) in [7, 11) is 1.67. The van der Waals surface area contributed by atoms with Gasteiger partial charge in [-0.15, -0.1) is 0 Å². The lowest BCUT2D eigenvalue weighted by Crippen LogP contribution is -2.41.